The zero-order valence-electron chi connectivity index (χ0n) is 21.8. The van der Waals surface area contributed by atoms with E-state index in [1.54, 1.807) is 12.1 Å². The van der Waals surface area contributed by atoms with Gasteiger partial charge in [0.1, 0.15) is 0 Å². The van der Waals surface area contributed by atoms with Crippen molar-refractivity contribution >= 4 is 40.9 Å². The molecule has 0 bridgehead atoms. The molecule has 206 valence electrons. The van der Waals surface area contributed by atoms with Gasteiger partial charge in [0, 0.05) is 38.3 Å². The summed E-state index contributed by atoms with van der Waals surface area (Å²) in [7, 11) is 0. The number of thioether (sulfide) groups is 1. The Hall–Kier alpha value is -3.24. The van der Waals surface area contributed by atoms with E-state index >= 15 is 0 Å². The Morgan fingerprint density at radius 2 is 1.68 bits per heavy atom. The zero-order valence-corrected chi connectivity index (χ0v) is 24.2. The molecule has 0 saturated carbocycles. The van der Waals surface area contributed by atoms with Gasteiger partial charge < -0.3 is 14.4 Å². The van der Waals surface area contributed by atoms with Crippen molar-refractivity contribution in [2.45, 2.75) is 18.6 Å². The number of aromatic nitrogens is 3. The number of carbonyl (C=O) groups excluding carboxylic acids is 1. The van der Waals surface area contributed by atoms with Crippen molar-refractivity contribution in [1.29, 1.82) is 0 Å². The third-order valence-electron chi connectivity index (χ3n) is 7.00. The lowest BCUT2D eigenvalue weighted by atomic mass is 10.1. The molecule has 2 aliphatic heterocycles. The standard InChI is InChI=1S/C29H27Cl2N5O3S/c1-19-2-5-21(6-3-19)28-32-33-29(36(28)22-7-8-23(30)24(31)15-22)40-17-27(37)35-12-10-34(11-13-35)16-20-4-9-25-26(14-20)39-18-38-25/h2-9,14-15H,10-13,16-18H2,1H3. The van der Waals surface area contributed by atoms with Crippen molar-refractivity contribution in [2.24, 2.45) is 0 Å². The van der Waals surface area contributed by atoms with Crippen LogP contribution in [0.3, 0.4) is 0 Å². The van der Waals surface area contributed by atoms with Gasteiger partial charge in [0.2, 0.25) is 12.7 Å². The van der Waals surface area contributed by atoms with Gasteiger partial charge in [-0.3, -0.25) is 14.3 Å². The van der Waals surface area contributed by atoms with E-state index in [-0.39, 0.29) is 18.5 Å². The van der Waals surface area contributed by atoms with Crippen molar-refractivity contribution in [3.8, 4) is 28.6 Å². The Morgan fingerprint density at radius 3 is 2.45 bits per heavy atom. The summed E-state index contributed by atoms with van der Waals surface area (Å²) < 4.78 is 12.8. The van der Waals surface area contributed by atoms with Crippen LogP contribution < -0.4 is 9.47 Å². The molecule has 0 spiro atoms. The number of ether oxygens (including phenoxy) is 2. The SMILES string of the molecule is Cc1ccc(-c2nnc(SCC(=O)N3CCN(Cc4ccc5c(c4)OCO5)CC3)n2-c2ccc(Cl)c(Cl)c2)cc1. The maximum Gasteiger partial charge on any atom is 0.233 e. The minimum atomic E-state index is 0.0771. The molecule has 3 heterocycles. The monoisotopic (exact) mass is 595 g/mol. The molecule has 4 aromatic rings. The molecule has 0 aliphatic carbocycles. The summed E-state index contributed by atoms with van der Waals surface area (Å²) in [6.07, 6.45) is 0. The summed E-state index contributed by atoms with van der Waals surface area (Å²) in [5.41, 5.74) is 4.02. The van der Waals surface area contributed by atoms with Crippen LogP contribution in [0.25, 0.3) is 17.1 Å². The summed E-state index contributed by atoms with van der Waals surface area (Å²) >= 11 is 13.9. The van der Waals surface area contributed by atoms with E-state index in [4.69, 9.17) is 32.7 Å². The Kier molecular flexibility index (Phi) is 7.89. The molecule has 0 unspecified atom stereocenters. The summed E-state index contributed by atoms with van der Waals surface area (Å²) in [6, 6.07) is 19.6. The molecule has 40 heavy (non-hydrogen) atoms. The number of fused-ring (bicyclic) bond motifs is 1. The van der Waals surface area contributed by atoms with Crippen molar-refractivity contribution in [3.05, 3.63) is 81.8 Å². The predicted octanol–water partition coefficient (Wildman–Crippen LogP) is 5.71. The maximum atomic E-state index is 13.2. The minimum absolute atomic E-state index is 0.0771. The van der Waals surface area contributed by atoms with E-state index < -0.39 is 0 Å². The van der Waals surface area contributed by atoms with Crippen LogP contribution >= 0.6 is 35.0 Å². The molecule has 1 saturated heterocycles. The number of hydrogen-bond acceptors (Lipinski definition) is 7. The molecule has 2 aliphatic rings. The Balaban J connectivity index is 1.12. The zero-order chi connectivity index (χ0) is 27.6. The Bertz CT molecular complexity index is 1540. The molecule has 0 atom stereocenters. The van der Waals surface area contributed by atoms with Gasteiger partial charge >= 0.3 is 0 Å². The lowest BCUT2D eigenvalue weighted by Gasteiger charge is -2.34. The van der Waals surface area contributed by atoms with Crippen molar-refractivity contribution < 1.29 is 14.3 Å². The Labute approximate surface area is 246 Å². The van der Waals surface area contributed by atoms with Gasteiger partial charge in [-0.2, -0.15) is 0 Å². The van der Waals surface area contributed by atoms with Crippen LogP contribution in [-0.2, 0) is 11.3 Å². The number of piperazine rings is 1. The minimum Gasteiger partial charge on any atom is -0.454 e. The van der Waals surface area contributed by atoms with Crippen LogP contribution in [0.5, 0.6) is 11.5 Å². The Morgan fingerprint density at radius 1 is 0.900 bits per heavy atom. The van der Waals surface area contributed by atoms with Crippen LogP contribution in [0.1, 0.15) is 11.1 Å². The van der Waals surface area contributed by atoms with Gasteiger partial charge in [0.25, 0.3) is 0 Å². The molecule has 8 nitrogen and oxygen atoms in total. The number of hydrogen-bond donors (Lipinski definition) is 0. The molecular weight excluding hydrogens is 569 g/mol. The summed E-state index contributed by atoms with van der Waals surface area (Å²) in [5.74, 6) is 2.59. The average molecular weight is 597 g/mol. The van der Waals surface area contributed by atoms with Crippen LogP contribution in [0.15, 0.2) is 65.8 Å². The molecule has 0 N–H and O–H groups in total. The van der Waals surface area contributed by atoms with Crippen LogP contribution in [0.4, 0.5) is 0 Å². The predicted molar refractivity (Wildman–Crippen MR) is 157 cm³/mol. The lowest BCUT2D eigenvalue weighted by Crippen LogP contribution is -2.48. The van der Waals surface area contributed by atoms with Gasteiger partial charge in [-0.05, 0) is 42.8 Å². The van der Waals surface area contributed by atoms with Crippen molar-refractivity contribution in [3.63, 3.8) is 0 Å². The van der Waals surface area contributed by atoms with Gasteiger partial charge in [0.15, 0.2) is 22.5 Å². The number of rotatable bonds is 7. The van der Waals surface area contributed by atoms with E-state index in [1.807, 2.05) is 58.9 Å². The number of nitrogens with zero attached hydrogens (tertiary/aromatic N) is 5. The highest BCUT2D eigenvalue weighted by atomic mass is 35.5. The van der Waals surface area contributed by atoms with Crippen LogP contribution in [0.2, 0.25) is 10.0 Å². The number of halogens is 2. The molecule has 0 radical (unpaired) electrons. The van der Waals surface area contributed by atoms with Gasteiger partial charge in [-0.25, -0.2) is 0 Å². The smallest absolute Gasteiger partial charge is 0.233 e. The van der Waals surface area contributed by atoms with Gasteiger partial charge in [0.05, 0.1) is 21.5 Å². The quantitative estimate of drug-likeness (QED) is 0.253. The van der Waals surface area contributed by atoms with E-state index in [1.165, 1.54) is 17.3 Å². The summed E-state index contributed by atoms with van der Waals surface area (Å²) in [5, 5.41) is 10.4. The number of benzene rings is 3. The molecule has 1 amide bonds. The third-order valence-corrected chi connectivity index (χ3v) is 8.65. The first-order valence-corrected chi connectivity index (χ1v) is 14.7. The highest BCUT2D eigenvalue weighted by Gasteiger charge is 2.24. The van der Waals surface area contributed by atoms with Crippen LogP contribution in [0, 0.1) is 6.92 Å². The topological polar surface area (TPSA) is 72.7 Å². The number of aryl methyl sites for hydroxylation is 1. The maximum absolute atomic E-state index is 13.2. The second kappa shape index (κ2) is 11.7. The second-order valence-electron chi connectivity index (χ2n) is 9.74. The molecule has 11 heteroatoms. The average Bonchev–Trinajstić information content (AvgIpc) is 3.61. The van der Waals surface area contributed by atoms with Crippen molar-refractivity contribution in [2.75, 3.05) is 38.7 Å². The first-order chi connectivity index (χ1) is 19.4. The molecule has 6 rings (SSSR count). The van der Waals surface area contributed by atoms with Gasteiger partial charge in [-0.1, -0.05) is 70.9 Å². The molecule has 1 fully saturated rings. The largest absolute Gasteiger partial charge is 0.454 e. The first-order valence-electron chi connectivity index (χ1n) is 12.9. The normalized spacial score (nSPS) is 15.0. The molecule has 1 aromatic heterocycles. The number of carbonyl (C=O) groups is 1. The fraction of sp³-hybridized carbons (Fsp3) is 0.276. The lowest BCUT2D eigenvalue weighted by molar-refractivity contribution is -0.130. The third kappa shape index (κ3) is 5.78. The van der Waals surface area contributed by atoms with Crippen LogP contribution in [-0.4, -0.2) is 69.2 Å². The highest BCUT2D eigenvalue weighted by molar-refractivity contribution is 7.99. The summed E-state index contributed by atoms with van der Waals surface area (Å²) in [6.45, 7) is 6.09. The number of amides is 1. The van der Waals surface area contributed by atoms with E-state index in [9.17, 15) is 4.79 Å². The first kappa shape index (κ1) is 27.0. The second-order valence-corrected chi connectivity index (χ2v) is 11.5. The van der Waals surface area contributed by atoms with Gasteiger partial charge in [-0.15, -0.1) is 10.2 Å². The van der Waals surface area contributed by atoms with E-state index in [2.05, 4.69) is 21.2 Å². The van der Waals surface area contributed by atoms with E-state index in [0.717, 1.165) is 47.9 Å². The fourth-order valence-electron chi connectivity index (χ4n) is 4.78. The highest BCUT2D eigenvalue weighted by Crippen LogP contribution is 2.34. The summed E-state index contributed by atoms with van der Waals surface area (Å²) in [4.78, 5) is 17.5. The van der Waals surface area contributed by atoms with Crippen molar-refractivity contribution in [1.82, 2.24) is 24.6 Å². The molecule has 3 aromatic carbocycles. The van der Waals surface area contributed by atoms with E-state index in [0.29, 0.717) is 34.1 Å². The fourth-order valence-corrected chi connectivity index (χ4v) is 5.93. The molecular formula is C29H27Cl2N5O3S.